The van der Waals surface area contributed by atoms with E-state index in [2.05, 4.69) is 12.2 Å². The van der Waals surface area contributed by atoms with E-state index in [9.17, 15) is 5.11 Å². The molecule has 70 valence electrons. The summed E-state index contributed by atoms with van der Waals surface area (Å²) in [6.07, 6.45) is 4.75. The van der Waals surface area contributed by atoms with Gasteiger partial charge in [0.25, 0.3) is 0 Å². The fourth-order valence-corrected chi connectivity index (χ4v) is 2.28. The van der Waals surface area contributed by atoms with E-state index in [1.54, 1.807) is 0 Å². The molecule has 0 spiro atoms. The van der Waals surface area contributed by atoms with Crippen molar-refractivity contribution < 1.29 is 5.11 Å². The van der Waals surface area contributed by atoms with Crippen LogP contribution in [0.3, 0.4) is 0 Å². The van der Waals surface area contributed by atoms with Crippen LogP contribution in [0.4, 0.5) is 0 Å². The summed E-state index contributed by atoms with van der Waals surface area (Å²) in [5.41, 5.74) is -0.279. The van der Waals surface area contributed by atoms with Gasteiger partial charge in [-0.05, 0) is 44.6 Å². The Balaban J connectivity index is 2.08. The van der Waals surface area contributed by atoms with Gasteiger partial charge in [-0.25, -0.2) is 0 Å². The number of nitrogens with one attached hydrogen (secondary N) is 1. The molecule has 12 heavy (non-hydrogen) atoms. The highest BCUT2D eigenvalue weighted by molar-refractivity contribution is 5.09. The molecule has 2 unspecified atom stereocenters. The van der Waals surface area contributed by atoms with Crippen LogP contribution >= 0.6 is 0 Å². The van der Waals surface area contributed by atoms with Gasteiger partial charge in [-0.15, -0.1) is 0 Å². The number of rotatable bonds is 2. The highest BCUT2D eigenvalue weighted by Gasteiger charge is 2.56. The lowest BCUT2D eigenvalue weighted by Crippen LogP contribution is -2.51. The summed E-state index contributed by atoms with van der Waals surface area (Å²) in [6.45, 7) is 5.28. The molecule has 2 heteroatoms. The standard InChI is InChI=1S/C10H19NO/c1-9(5-6-9)10(2,12)8-4-3-7-11-8/h8,11-12H,3-7H2,1-2H3. The topological polar surface area (TPSA) is 32.3 Å². The van der Waals surface area contributed by atoms with Gasteiger partial charge < -0.3 is 10.4 Å². The molecule has 1 heterocycles. The Kier molecular flexibility index (Phi) is 1.74. The van der Waals surface area contributed by atoms with E-state index in [1.165, 1.54) is 19.3 Å². The zero-order chi connectivity index (χ0) is 8.82. The van der Waals surface area contributed by atoms with Crippen molar-refractivity contribution in [1.82, 2.24) is 5.32 Å². The lowest BCUT2D eigenvalue weighted by Gasteiger charge is -2.36. The van der Waals surface area contributed by atoms with E-state index in [1.807, 2.05) is 6.92 Å². The van der Waals surface area contributed by atoms with Crippen LogP contribution in [0.2, 0.25) is 0 Å². The third-order valence-electron chi connectivity index (χ3n) is 3.96. The van der Waals surface area contributed by atoms with Crippen molar-refractivity contribution in [2.45, 2.75) is 51.2 Å². The first kappa shape index (κ1) is 8.52. The summed E-state index contributed by atoms with van der Waals surface area (Å²) in [6, 6.07) is 0.338. The maximum atomic E-state index is 10.4. The smallest absolute Gasteiger partial charge is 0.0825 e. The molecule has 0 radical (unpaired) electrons. The fourth-order valence-electron chi connectivity index (χ4n) is 2.28. The molecule has 1 aliphatic carbocycles. The maximum absolute atomic E-state index is 10.4. The van der Waals surface area contributed by atoms with E-state index in [4.69, 9.17) is 0 Å². The molecule has 2 atom stereocenters. The average Bonchev–Trinajstić information content (AvgIpc) is 2.59. The molecule has 1 saturated carbocycles. The van der Waals surface area contributed by atoms with Crippen LogP contribution < -0.4 is 5.32 Å². The third kappa shape index (κ3) is 1.09. The van der Waals surface area contributed by atoms with E-state index >= 15 is 0 Å². The van der Waals surface area contributed by atoms with Crippen molar-refractivity contribution in [3.8, 4) is 0 Å². The zero-order valence-electron chi connectivity index (χ0n) is 8.06. The van der Waals surface area contributed by atoms with E-state index in [0.29, 0.717) is 6.04 Å². The molecule has 2 N–H and O–H groups in total. The van der Waals surface area contributed by atoms with Crippen LogP contribution in [-0.2, 0) is 0 Å². The molecule has 0 bridgehead atoms. The van der Waals surface area contributed by atoms with Gasteiger partial charge in [0, 0.05) is 6.04 Å². The molecule has 2 aliphatic rings. The van der Waals surface area contributed by atoms with E-state index in [0.717, 1.165) is 13.0 Å². The van der Waals surface area contributed by atoms with Crippen LogP contribution in [0.15, 0.2) is 0 Å². The van der Waals surface area contributed by atoms with E-state index in [-0.39, 0.29) is 5.41 Å². The summed E-state index contributed by atoms with van der Waals surface area (Å²) >= 11 is 0. The second kappa shape index (κ2) is 2.46. The van der Waals surface area contributed by atoms with Crippen molar-refractivity contribution in [3.05, 3.63) is 0 Å². The number of hydrogen-bond acceptors (Lipinski definition) is 2. The molecule has 2 fully saturated rings. The van der Waals surface area contributed by atoms with Crippen LogP contribution in [0.5, 0.6) is 0 Å². The molecule has 0 aromatic heterocycles. The van der Waals surface area contributed by atoms with Crippen molar-refractivity contribution in [1.29, 1.82) is 0 Å². The van der Waals surface area contributed by atoms with Crippen LogP contribution in [0, 0.1) is 5.41 Å². The quantitative estimate of drug-likeness (QED) is 0.653. The minimum atomic E-state index is -0.483. The average molecular weight is 169 g/mol. The van der Waals surface area contributed by atoms with Crippen molar-refractivity contribution in [2.24, 2.45) is 5.41 Å². The lowest BCUT2D eigenvalue weighted by atomic mass is 9.80. The first-order valence-corrected chi connectivity index (χ1v) is 5.02. The summed E-state index contributed by atoms with van der Waals surface area (Å²) in [7, 11) is 0. The van der Waals surface area contributed by atoms with Gasteiger partial charge in [-0.3, -0.25) is 0 Å². The highest BCUT2D eigenvalue weighted by atomic mass is 16.3. The largest absolute Gasteiger partial charge is 0.388 e. The SMILES string of the molecule is CC1(C(C)(O)C2CCCN2)CC1. The predicted molar refractivity (Wildman–Crippen MR) is 49.0 cm³/mol. The predicted octanol–water partition coefficient (Wildman–Crippen LogP) is 1.29. The molecule has 2 nitrogen and oxygen atoms in total. The molecule has 1 saturated heterocycles. The minimum Gasteiger partial charge on any atom is -0.388 e. The summed E-state index contributed by atoms with van der Waals surface area (Å²) < 4.78 is 0. The zero-order valence-corrected chi connectivity index (χ0v) is 8.06. The van der Waals surface area contributed by atoms with Gasteiger partial charge in [0.2, 0.25) is 0 Å². The van der Waals surface area contributed by atoms with Gasteiger partial charge in [0.05, 0.1) is 5.60 Å². The highest BCUT2D eigenvalue weighted by Crippen LogP contribution is 2.55. The Hall–Kier alpha value is -0.0800. The van der Waals surface area contributed by atoms with Gasteiger partial charge in [-0.1, -0.05) is 6.92 Å². The first-order chi connectivity index (χ1) is 5.56. The Morgan fingerprint density at radius 1 is 1.50 bits per heavy atom. The van der Waals surface area contributed by atoms with Crippen LogP contribution in [0.25, 0.3) is 0 Å². The van der Waals surface area contributed by atoms with Crippen molar-refractivity contribution >= 4 is 0 Å². The number of hydrogen-bond donors (Lipinski definition) is 2. The van der Waals surface area contributed by atoms with Crippen LogP contribution in [0.1, 0.15) is 39.5 Å². The molecule has 1 aliphatic heterocycles. The van der Waals surface area contributed by atoms with Gasteiger partial charge in [-0.2, -0.15) is 0 Å². The number of aliphatic hydroxyl groups is 1. The second-order valence-electron chi connectivity index (χ2n) is 4.86. The second-order valence-corrected chi connectivity index (χ2v) is 4.86. The Morgan fingerprint density at radius 2 is 2.17 bits per heavy atom. The maximum Gasteiger partial charge on any atom is 0.0825 e. The Morgan fingerprint density at radius 3 is 2.58 bits per heavy atom. The normalized spacial score (nSPS) is 37.8. The fraction of sp³-hybridized carbons (Fsp3) is 1.00. The monoisotopic (exact) mass is 169 g/mol. The molecular formula is C10H19NO. The molecule has 0 aromatic rings. The van der Waals surface area contributed by atoms with Crippen molar-refractivity contribution in [3.63, 3.8) is 0 Å². The van der Waals surface area contributed by atoms with E-state index < -0.39 is 5.60 Å². The van der Waals surface area contributed by atoms with Gasteiger partial charge in [0.15, 0.2) is 0 Å². The summed E-state index contributed by atoms with van der Waals surface area (Å²) in [5.74, 6) is 0. The molecule has 2 rings (SSSR count). The Bertz CT molecular complexity index is 178. The lowest BCUT2D eigenvalue weighted by molar-refractivity contribution is -0.0362. The molecular weight excluding hydrogens is 150 g/mol. The van der Waals surface area contributed by atoms with Gasteiger partial charge >= 0.3 is 0 Å². The first-order valence-electron chi connectivity index (χ1n) is 5.02. The molecule has 0 aromatic carbocycles. The molecule has 0 amide bonds. The van der Waals surface area contributed by atoms with Gasteiger partial charge in [0.1, 0.15) is 0 Å². The Labute approximate surface area is 74.4 Å². The van der Waals surface area contributed by atoms with Crippen molar-refractivity contribution in [2.75, 3.05) is 6.54 Å². The van der Waals surface area contributed by atoms with Crippen LogP contribution in [-0.4, -0.2) is 23.3 Å². The summed E-state index contributed by atoms with van der Waals surface area (Å²) in [4.78, 5) is 0. The summed E-state index contributed by atoms with van der Waals surface area (Å²) in [5, 5.41) is 13.7. The minimum absolute atomic E-state index is 0.203. The third-order valence-corrected chi connectivity index (χ3v) is 3.96.